The number of hydrogen-bond donors (Lipinski definition) is 0. The first-order chi connectivity index (χ1) is 69.2. The van der Waals surface area contributed by atoms with Crippen molar-refractivity contribution in [1.82, 2.24) is 19.9 Å². The van der Waals surface area contributed by atoms with Crippen molar-refractivity contribution < 1.29 is 4.42 Å². The number of furan rings is 1. The van der Waals surface area contributed by atoms with Crippen molar-refractivity contribution in [3.63, 3.8) is 0 Å². The summed E-state index contributed by atoms with van der Waals surface area (Å²) in [6, 6.07) is 144. The molecule has 5 nitrogen and oxygen atoms in total. The number of benzene rings is 14. The summed E-state index contributed by atoms with van der Waals surface area (Å²) in [5, 5.41) is 6.53. The molecule has 0 bridgehead atoms. The lowest BCUT2D eigenvalue weighted by molar-refractivity contribution is 0.385. The summed E-state index contributed by atoms with van der Waals surface area (Å²) in [4.78, 5) is 18.7. The number of nitrogens with zero attached hydrogens (tertiary/aromatic N) is 4. The van der Waals surface area contributed by atoms with Gasteiger partial charge < -0.3 is 4.42 Å². The minimum atomic E-state index is 0.968. The van der Waals surface area contributed by atoms with Crippen LogP contribution in [0.3, 0.4) is 0 Å². The van der Waals surface area contributed by atoms with Crippen molar-refractivity contribution in [3.05, 3.63) is 562 Å². The van der Waals surface area contributed by atoms with Gasteiger partial charge in [0.15, 0.2) is 0 Å². The highest BCUT2D eigenvalue weighted by molar-refractivity contribution is 7.15. The topological polar surface area (TPSA) is 64.7 Å². The van der Waals surface area contributed by atoms with Gasteiger partial charge in [-0.25, -0.2) is 0 Å². The van der Waals surface area contributed by atoms with E-state index in [9.17, 15) is 0 Å². The van der Waals surface area contributed by atoms with Crippen LogP contribution in [0.4, 0.5) is 0 Å². The normalized spacial score (nSPS) is 11.0. The van der Waals surface area contributed by atoms with Crippen LogP contribution < -0.4 is 0 Å². The second-order valence-electron chi connectivity index (χ2n) is 37.1. The predicted molar refractivity (Wildman–Crippen MR) is 625 cm³/mol. The first-order valence-corrected chi connectivity index (χ1v) is 51.3. The van der Waals surface area contributed by atoms with Gasteiger partial charge in [0.05, 0.1) is 11.8 Å². The summed E-state index contributed by atoms with van der Waals surface area (Å²) in [6.07, 6.45) is 25.8. The van der Waals surface area contributed by atoms with Gasteiger partial charge in [-0.3, -0.25) is 19.9 Å². The zero-order valence-electron chi connectivity index (χ0n) is 89.0. The molecule has 736 valence electrons. The maximum atomic E-state index is 4.83. The van der Waals surface area contributed by atoms with Crippen molar-refractivity contribution >= 4 is 43.8 Å². The van der Waals surface area contributed by atoms with Crippen molar-refractivity contribution in [2.24, 2.45) is 11.8 Å². The fraction of sp³-hybridized carbons (Fsp3) is 0.226. The Morgan fingerprint density at radius 1 is 0.231 bits per heavy atom. The van der Waals surface area contributed by atoms with Gasteiger partial charge in [-0.2, -0.15) is 0 Å². The number of pyridine rings is 4. The largest absolute Gasteiger partial charge is 0.470 e. The Labute approximate surface area is 864 Å². The van der Waals surface area contributed by atoms with Crippen LogP contribution in [0.5, 0.6) is 0 Å². The average molecular weight is 1910 g/mol. The first kappa shape index (κ1) is 115. The summed E-state index contributed by atoms with van der Waals surface area (Å²) < 4.78 is 4.83. The first-order valence-electron chi connectivity index (χ1n) is 50.5. The smallest absolute Gasteiger partial charge is 0.100 e. The molecule has 0 saturated heterocycles. The third-order valence-electron chi connectivity index (χ3n) is 23.1. The predicted octanol–water partition coefficient (Wildman–Crippen LogP) is 39.6. The molecule has 0 N–H and O–H groups in total. The number of thiophene rings is 1. The molecule has 0 unspecified atom stereocenters. The molecule has 6 heteroatoms. The maximum absolute atomic E-state index is 4.83. The second-order valence-corrected chi connectivity index (χ2v) is 38.4. The number of aryl methyl sites for hydroxylation is 18. The van der Waals surface area contributed by atoms with Gasteiger partial charge in [-0.15, -0.1) is 11.3 Å². The highest BCUT2D eigenvalue weighted by Gasteiger charge is 2.08. The molecule has 20 aromatic rings. The van der Waals surface area contributed by atoms with Crippen molar-refractivity contribution in [2.45, 2.75) is 196 Å². The van der Waals surface area contributed by atoms with E-state index in [-0.39, 0.29) is 0 Å². The summed E-state index contributed by atoms with van der Waals surface area (Å²) in [6.45, 7) is 42.2. The third-order valence-corrected chi connectivity index (χ3v) is 24.2. The van der Waals surface area contributed by atoms with Crippen LogP contribution in [0, 0.1) is 136 Å². The van der Waals surface area contributed by atoms with E-state index in [4.69, 9.17) is 4.42 Å². The summed E-state index contributed by atoms with van der Waals surface area (Å²) in [7, 11) is 0. The minimum absolute atomic E-state index is 0.968. The van der Waals surface area contributed by atoms with Crippen LogP contribution in [0.1, 0.15) is 171 Å². The summed E-state index contributed by atoms with van der Waals surface area (Å²) >= 11 is 1.84. The summed E-state index contributed by atoms with van der Waals surface area (Å²) in [5.74, 6) is 3.05. The van der Waals surface area contributed by atoms with Crippen LogP contribution in [-0.2, 0) is 0 Å². The third kappa shape index (κ3) is 51.4. The molecule has 2 aliphatic carbocycles. The van der Waals surface area contributed by atoms with Gasteiger partial charge >= 0.3 is 0 Å². The van der Waals surface area contributed by atoms with Gasteiger partial charge in [-0.05, 0) is 275 Å². The van der Waals surface area contributed by atoms with Crippen molar-refractivity contribution in [1.29, 1.82) is 0 Å². The molecule has 0 atom stereocenters. The minimum Gasteiger partial charge on any atom is -0.470 e. The molecule has 22 rings (SSSR count). The van der Waals surface area contributed by atoms with E-state index in [0.717, 1.165) is 28.8 Å². The van der Waals surface area contributed by atoms with E-state index >= 15 is 0 Å². The molecule has 14 aromatic carbocycles. The van der Waals surface area contributed by atoms with Crippen LogP contribution in [0.25, 0.3) is 65.1 Å². The quantitative estimate of drug-likeness (QED) is 0.176. The number of fused-ring (bicyclic) bond motifs is 3. The van der Waals surface area contributed by atoms with Gasteiger partial charge in [0.2, 0.25) is 0 Å². The fourth-order valence-electron chi connectivity index (χ4n) is 15.2. The Morgan fingerprint density at radius 2 is 0.622 bits per heavy atom. The molecule has 0 amide bonds. The van der Waals surface area contributed by atoms with E-state index < -0.39 is 0 Å². The molecular weight excluding hydrogens is 1750 g/mol. The molecule has 2 aliphatic rings. The Bertz CT molecular complexity index is 6350. The van der Waals surface area contributed by atoms with Crippen LogP contribution >= 0.6 is 11.3 Å². The molecule has 6 heterocycles. The lowest BCUT2D eigenvalue weighted by atomic mass is 9.91. The highest BCUT2D eigenvalue weighted by Crippen LogP contribution is 2.29. The van der Waals surface area contributed by atoms with Gasteiger partial charge in [0.25, 0.3) is 0 Å². The zero-order chi connectivity index (χ0) is 103. The van der Waals surface area contributed by atoms with E-state index in [0.29, 0.717) is 0 Å². The van der Waals surface area contributed by atoms with E-state index in [1.807, 2.05) is 148 Å². The number of rotatable bonds is 3. The number of aromatic nitrogens is 4. The lowest BCUT2D eigenvalue weighted by Gasteiger charge is -2.15. The lowest BCUT2D eigenvalue weighted by Crippen LogP contribution is -1.99. The maximum Gasteiger partial charge on any atom is 0.100 e. The molecule has 6 aromatic heterocycles. The Kier molecular flexibility index (Phi) is 55.3. The van der Waals surface area contributed by atoms with E-state index in [1.165, 1.54) is 206 Å². The van der Waals surface area contributed by atoms with Crippen LogP contribution in [-0.4, -0.2) is 19.9 Å². The molecule has 143 heavy (non-hydrogen) atoms. The fourth-order valence-corrected chi connectivity index (χ4v) is 16.1. The van der Waals surface area contributed by atoms with E-state index in [2.05, 4.69) is 452 Å². The monoisotopic (exact) mass is 1910 g/mol. The molecule has 0 spiro atoms. The number of hydrogen-bond acceptors (Lipinski definition) is 6. The molecule has 2 saturated carbocycles. The van der Waals surface area contributed by atoms with Crippen molar-refractivity contribution in [2.75, 3.05) is 0 Å². The van der Waals surface area contributed by atoms with Crippen molar-refractivity contribution in [3.8, 4) is 32.7 Å². The molecule has 0 radical (unpaired) electrons. The Balaban J connectivity index is 0.000000208. The van der Waals surface area contributed by atoms with Gasteiger partial charge in [0.1, 0.15) is 5.76 Å². The Morgan fingerprint density at radius 3 is 1.03 bits per heavy atom. The Hall–Kier alpha value is -14.6. The molecule has 2 fully saturated rings. The summed E-state index contributed by atoms with van der Waals surface area (Å²) in [5.41, 5.74) is 28.3. The standard InChI is InChI=1S/2C13H12.C11H10S.2C11H10.C10H9N.C9H12.2C8H10.C7H14.C7H8.3C6H7N.C6H12.C5H6O/c1-11-6-5-9-13(10-11)12-7-3-2-4-8-12;1-11-7-9-13(10-8-11)12-5-3-2-4-6-12;1-9-7-8-11(12-9)10-5-3-2-4-6-10;1-9-5-4-7-10-6-2-3-8-11(9)10;1-9-6-7-10-4-2-3-5-11(10)8-9;1-8-4-5-9-3-2-6-11-10(9)7-8;1-7-4-8(2)6-9(3)5-7;1-7-3-5-8(2)6-4-7;1-7-4-3-5-8(2)6-7;2*1-7-5-3-2-4-6-7;1-6-2-4-7-5-3-6;1-6-3-2-4-7-5-6;1-6-4-2-3-5-7-6;1-6-4-2-3-5-6;1-5-3-2-4-6-5/h2*2-10H,1H3;2-8H,1H3;2*2-8H,1H3;2-7H,1H3;4-6H,1-3H3;2*3-6H,1-2H3;7H,2-6H2,1H3;2-6H,1H3;3*2-5H,1H3;6H,2-5H2,1H3;2-4H,1H3. The SMILES string of the molecule is CC1CCCC1.CC1CCCCC1.Cc1cc(C)cc(C)c1.Cc1ccc(-c2ccccc2)cc1.Cc1ccc(-c2ccccc2)s1.Cc1ccc(C)cc1.Cc1ccc2ccccc2c1.Cc1ccc2cccnc2c1.Cc1cccc(-c2ccccc2)c1.Cc1cccc(C)c1.Cc1cccc2ccccc12.Cc1ccccc1.Cc1ccccn1.Cc1cccnc1.Cc1ccco1.Cc1ccncc1. The average Bonchev–Trinajstić information content (AvgIpc) is 1.58. The van der Waals surface area contributed by atoms with Gasteiger partial charge in [-0.1, -0.05) is 485 Å². The van der Waals surface area contributed by atoms with Gasteiger partial charge in [0, 0.05) is 58.0 Å². The highest BCUT2D eigenvalue weighted by atomic mass is 32.1. The molecular formula is C137H156N4OS. The second kappa shape index (κ2) is 68.5. The van der Waals surface area contributed by atoms with Crippen LogP contribution in [0.2, 0.25) is 0 Å². The van der Waals surface area contributed by atoms with Crippen LogP contribution in [0.15, 0.2) is 466 Å². The zero-order valence-corrected chi connectivity index (χ0v) is 89.8. The molecule has 0 aliphatic heterocycles. The van der Waals surface area contributed by atoms with E-state index in [1.54, 1.807) is 31.1 Å².